The Morgan fingerprint density at radius 3 is 1.47 bits per heavy atom. The second kappa shape index (κ2) is 12.2. The first-order valence-corrected chi connectivity index (χ1v) is 16.4. The third kappa shape index (κ3) is 5.08. The molecule has 6 heteroatoms. The summed E-state index contributed by atoms with van der Waals surface area (Å²) in [5.41, 5.74) is 14.8. The third-order valence-corrected chi connectivity index (χ3v) is 9.72. The molecule has 0 saturated carbocycles. The Labute approximate surface area is 258 Å². The van der Waals surface area contributed by atoms with E-state index in [1.54, 1.807) is 0 Å². The summed E-state index contributed by atoms with van der Waals surface area (Å²) in [6.45, 7) is 16.2. The van der Waals surface area contributed by atoms with Gasteiger partial charge in [0, 0.05) is 12.2 Å². The van der Waals surface area contributed by atoms with E-state index in [0.717, 1.165) is 97.1 Å². The van der Waals surface area contributed by atoms with Gasteiger partial charge < -0.3 is 15.3 Å². The van der Waals surface area contributed by atoms with E-state index in [-0.39, 0.29) is 0 Å². The van der Waals surface area contributed by atoms with Gasteiger partial charge in [-0.1, -0.05) is 48.5 Å². The van der Waals surface area contributed by atoms with Gasteiger partial charge in [0.15, 0.2) is 0 Å². The van der Waals surface area contributed by atoms with E-state index in [1.807, 2.05) is 0 Å². The molecular formula is C37H49N5O. The van der Waals surface area contributed by atoms with Crippen molar-refractivity contribution in [2.45, 2.75) is 93.4 Å². The van der Waals surface area contributed by atoms with Crippen LogP contribution in [-0.4, -0.2) is 47.8 Å². The van der Waals surface area contributed by atoms with Crippen LogP contribution in [0.15, 0.2) is 107 Å². The first-order valence-electron chi connectivity index (χ1n) is 16.4. The first-order chi connectivity index (χ1) is 20.7. The van der Waals surface area contributed by atoms with Crippen molar-refractivity contribution in [1.29, 1.82) is 0 Å². The van der Waals surface area contributed by atoms with E-state index in [2.05, 4.69) is 97.1 Å². The molecule has 43 heavy (non-hydrogen) atoms. The standard InChI is InChI=1S/C37H49N5O/c1-10-22-23(11-2)31-19-34-36(43)37(15-6,16-7)35(41-34)20-33-25(13-4)24(12-3)29(40-33)18-32-27(21-42(8)9)26(14-5)30(39-32)17-28(22)38-31/h17-20,41,43H,10-16,21H2,1-9H3. The van der Waals surface area contributed by atoms with Crippen LogP contribution in [0.3, 0.4) is 0 Å². The Morgan fingerprint density at radius 1 is 0.605 bits per heavy atom. The van der Waals surface area contributed by atoms with Crippen molar-refractivity contribution in [3.8, 4) is 0 Å². The molecule has 5 rings (SSSR count). The molecular weight excluding hydrogens is 530 g/mol. The molecule has 0 aromatic carbocycles. The molecule has 5 aliphatic rings. The number of likely N-dealkylation sites (N-methyl/N-ethyl adjacent to an activating group) is 1. The molecule has 0 fully saturated rings. The highest BCUT2D eigenvalue weighted by Crippen LogP contribution is 2.47. The van der Waals surface area contributed by atoms with Crippen molar-refractivity contribution in [3.63, 3.8) is 0 Å². The third-order valence-electron chi connectivity index (χ3n) is 9.72. The number of aliphatic imine (C=N–C) groups is 3. The molecule has 228 valence electrons. The molecule has 0 unspecified atom stereocenters. The second-order valence-electron chi connectivity index (χ2n) is 12.2. The molecule has 8 bridgehead atoms. The summed E-state index contributed by atoms with van der Waals surface area (Å²) in [6.07, 6.45) is 14.7. The molecule has 5 heterocycles. The number of aliphatic hydroxyl groups is 1. The molecule has 0 atom stereocenters. The van der Waals surface area contributed by atoms with Crippen LogP contribution in [-0.2, 0) is 0 Å². The maximum atomic E-state index is 11.8. The fourth-order valence-electron chi connectivity index (χ4n) is 7.39. The van der Waals surface area contributed by atoms with Gasteiger partial charge in [-0.2, -0.15) is 0 Å². The molecule has 0 saturated heterocycles. The fraction of sp³-hybridized carbons (Fsp3) is 0.486. The van der Waals surface area contributed by atoms with Gasteiger partial charge in [-0.25, -0.2) is 15.0 Å². The van der Waals surface area contributed by atoms with Crippen molar-refractivity contribution >= 4 is 17.1 Å². The summed E-state index contributed by atoms with van der Waals surface area (Å²) >= 11 is 0. The van der Waals surface area contributed by atoms with Gasteiger partial charge in [0.05, 0.1) is 45.3 Å². The number of nitrogens with one attached hydrogen (secondary N) is 1. The van der Waals surface area contributed by atoms with Crippen LogP contribution in [0, 0.1) is 5.41 Å². The molecule has 0 radical (unpaired) electrons. The normalized spacial score (nSPS) is 21.3. The summed E-state index contributed by atoms with van der Waals surface area (Å²) in [5.74, 6) is 0.400. The second-order valence-corrected chi connectivity index (χ2v) is 12.2. The van der Waals surface area contributed by atoms with Crippen LogP contribution < -0.4 is 5.32 Å². The van der Waals surface area contributed by atoms with Gasteiger partial charge >= 0.3 is 0 Å². The van der Waals surface area contributed by atoms with E-state index in [9.17, 15) is 5.11 Å². The molecule has 0 aliphatic carbocycles. The molecule has 5 aliphatic heterocycles. The quantitative estimate of drug-likeness (QED) is 0.287. The van der Waals surface area contributed by atoms with E-state index in [1.165, 1.54) is 33.4 Å². The van der Waals surface area contributed by atoms with E-state index in [4.69, 9.17) is 15.0 Å². The lowest BCUT2D eigenvalue weighted by Gasteiger charge is -2.28. The van der Waals surface area contributed by atoms with Crippen molar-refractivity contribution in [3.05, 3.63) is 92.0 Å². The summed E-state index contributed by atoms with van der Waals surface area (Å²) in [6, 6.07) is 0. The maximum Gasteiger partial charge on any atom is 0.128 e. The predicted molar refractivity (Wildman–Crippen MR) is 182 cm³/mol. The lowest BCUT2D eigenvalue weighted by Crippen LogP contribution is -2.25. The van der Waals surface area contributed by atoms with Crippen LogP contribution in [0.2, 0.25) is 0 Å². The van der Waals surface area contributed by atoms with Crippen molar-refractivity contribution < 1.29 is 5.11 Å². The average Bonchev–Trinajstić information content (AvgIpc) is 3.68. The smallest absolute Gasteiger partial charge is 0.128 e. The van der Waals surface area contributed by atoms with Crippen LogP contribution in [0.5, 0.6) is 0 Å². The van der Waals surface area contributed by atoms with E-state index in [0.29, 0.717) is 5.76 Å². The zero-order chi connectivity index (χ0) is 31.1. The number of allylic oxidation sites excluding steroid dienone is 9. The van der Waals surface area contributed by atoms with Crippen LogP contribution >= 0.6 is 0 Å². The minimum absolute atomic E-state index is 0.400. The Bertz CT molecular complexity index is 1570. The molecule has 0 spiro atoms. The minimum Gasteiger partial charge on any atom is -0.509 e. The van der Waals surface area contributed by atoms with Crippen molar-refractivity contribution in [2.24, 2.45) is 20.4 Å². The number of rotatable bonds is 9. The maximum absolute atomic E-state index is 11.8. The van der Waals surface area contributed by atoms with Gasteiger partial charge in [0.25, 0.3) is 0 Å². The number of aliphatic hydroxyl groups excluding tert-OH is 1. The highest BCUT2D eigenvalue weighted by molar-refractivity contribution is 6.18. The van der Waals surface area contributed by atoms with Crippen LogP contribution in [0.1, 0.15) is 93.4 Å². The van der Waals surface area contributed by atoms with Gasteiger partial charge in [-0.3, -0.25) is 0 Å². The topological polar surface area (TPSA) is 72.6 Å². The Kier molecular flexibility index (Phi) is 8.80. The minimum atomic E-state index is -0.488. The average molecular weight is 580 g/mol. The Hall–Kier alpha value is -3.51. The number of hydrogen-bond acceptors (Lipinski definition) is 6. The van der Waals surface area contributed by atoms with E-state index >= 15 is 0 Å². The molecule has 6 nitrogen and oxygen atoms in total. The number of nitrogens with zero attached hydrogens (tertiary/aromatic N) is 4. The first kappa shape index (κ1) is 30.9. The molecule has 0 aromatic heterocycles. The number of fused-ring (bicyclic) bond motifs is 5. The van der Waals surface area contributed by atoms with Gasteiger partial charge in [-0.05, 0) is 117 Å². The number of hydrogen-bond donors (Lipinski definition) is 2. The molecule has 0 aromatic rings. The van der Waals surface area contributed by atoms with Crippen molar-refractivity contribution in [2.75, 3.05) is 20.6 Å². The lowest BCUT2D eigenvalue weighted by atomic mass is 9.78. The zero-order valence-electron chi connectivity index (χ0n) is 27.7. The predicted octanol–water partition coefficient (Wildman–Crippen LogP) is 8.58. The van der Waals surface area contributed by atoms with Gasteiger partial charge in [0.1, 0.15) is 5.76 Å². The van der Waals surface area contributed by atoms with Gasteiger partial charge in [-0.15, -0.1) is 0 Å². The summed E-state index contributed by atoms with van der Waals surface area (Å²) < 4.78 is 0. The van der Waals surface area contributed by atoms with Crippen LogP contribution in [0.4, 0.5) is 0 Å². The van der Waals surface area contributed by atoms with Crippen LogP contribution in [0.25, 0.3) is 0 Å². The lowest BCUT2D eigenvalue weighted by molar-refractivity contribution is 0.250. The summed E-state index contributed by atoms with van der Waals surface area (Å²) in [5, 5.41) is 15.5. The fourth-order valence-corrected chi connectivity index (χ4v) is 7.39. The molecule has 0 amide bonds. The zero-order valence-corrected chi connectivity index (χ0v) is 27.7. The molecule has 2 N–H and O–H groups in total. The van der Waals surface area contributed by atoms with Crippen molar-refractivity contribution in [1.82, 2.24) is 10.2 Å². The largest absolute Gasteiger partial charge is 0.509 e. The summed E-state index contributed by atoms with van der Waals surface area (Å²) in [7, 11) is 4.24. The SMILES string of the molecule is CCC1=C(CC)C2=NC1=CC1=C(O)C(CC)(CC)C(=CC3=NC(=CC4=NC(=C2)C(CC)=C4CN(C)C)C(CC)=C3CC)N1. The summed E-state index contributed by atoms with van der Waals surface area (Å²) in [4.78, 5) is 18.0. The van der Waals surface area contributed by atoms with Gasteiger partial charge in [0.2, 0.25) is 0 Å². The van der Waals surface area contributed by atoms with E-state index < -0.39 is 5.41 Å². The Morgan fingerprint density at radius 2 is 1.02 bits per heavy atom. The highest BCUT2D eigenvalue weighted by atomic mass is 16.3. The Balaban J connectivity index is 1.86. The highest BCUT2D eigenvalue weighted by Gasteiger charge is 2.43. The monoisotopic (exact) mass is 579 g/mol.